The van der Waals surface area contributed by atoms with Gasteiger partial charge in [-0.15, -0.1) is 0 Å². The van der Waals surface area contributed by atoms with E-state index in [2.05, 4.69) is 38.2 Å². The fourth-order valence-electron chi connectivity index (χ4n) is 6.63. The summed E-state index contributed by atoms with van der Waals surface area (Å²) in [5, 5.41) is 50.1. The van der Waals surface area contributed by atoms with Crippen molar-refractivity contribution in [1.82, 2.24) is 0 Å². The van der Waals surface area contributed by atoms with E-state index in [-0.39, 0.29) is 12.8 Å². The molecule has 1 aliphatic carbocycles. The number of phosphoric ester groups is 1. The molecule has 1 saturated carbocycles. The molecule has 1 rings (SSSR count). The molecule has 0 saturated heterocycles. The van der Waals surface area contributed by atoms with Crippen molar-refractivity contribution in [2.45, 2.75) is 224 Å². The number of esters is 2. The second kappa shape index (κ2) is 34.1. The maximum atomic E-state index is 12.8. The van der Waals surface area contributed by atoms with Crippen molar-refractivity contribution in [3.8, 4) is 0 Å². The average Bonchev–Trinajstić information content (AvgIpc) is 3.19. The summed E-state index contributed by atoms with van der Waals surface area (Å²) in [6.45, 7) is 3.26. The molecule has 0 radical (unpaired) electrons. The lowest BCUT2D eigenvalue weighted by atomic mass is 9.85. The van der Waals surface area contributed by atoms with Crippen molar-refractivity contribution >= 4 is 19.8 Å². The van der Waals surface area contributed by atoms with Gasteiger partial charge in [0.25, 0.3) is 0 Å². The van der Waals surface area contributed by atoms with Gasteiger partial charge in [0, 0.05) is 12.8 Å². The lowest BCUT2D eigenvalue weighted by Gasteiger charge is -2.41. The third-order valence-corrected chi connectivity index (χ3v) is 11.3. The highest BCUT2D eigenvalue weighted by molar-refractivity contribution is 7.47. The maximum Gasteiger partial charge on any atom is 0.472 e. The van der Waals surface area contributed by atoms with Crippen molar-refractivity contribution in [3.05, 3.63) is 24.3 Å². The minimum absolute atomic E-state index is 0.0864. The van der Waals surface area contributed by atoms with E-state index in [0.717, 1.165) is 77.0 Å². The largest absolute Gasteiger partial charge is 0.472 e. The minimum Gasteiger partial charge on any atom is -0.462 e. The minimum atomic E-state index is -5.12. The molecule has 1 fully saturated rings. The number of carbonyl (C=O) groups is 2. The van der Waals surface area contributed by atoms with Crippen LogP contribution in [0.2, 0.25) is 0 Å². The Kier molecular flexibility index (Phi) is 31.9. The highest BCUT2D eigenvalue weighted by Crippen LogP contribution is 2.47. The average molecular weight is 835 g/mol. The topological polar surface area (TPSA) is 210 Å². The van der Waals surface area contributed by atoms with Gasteiger partial charge in [0.05, 0.1) is 6.61 Å². The number of hydrogen-bond acceptors (Lipinski definition) is 12. The number of phosphoric acid groups is 1. The Labute approximate surface area is 343 Å². The van der Waals surface area contributed by atoms with Gasteiger partial charge in [-0.05, 0) is 64.2 Å². The summed E-state index contributed by atoms with van der Waals surface area (Å²) in [6, 6.07) is 0. The molecular formula is C43H79O13P. The monoisotopic (exact) mass is 835 g/mol. The zero-order valence-electron chi connectivity index (χ0n) is 35.1. The predicted octanol–water partition coefficient (Wildman–Crippen LogP) is 8.06. The van der Waals surface area contributed by atoms with Gasteiger partial charge in [-0.1, -0.05) is 128 Å². The van der Waals surface area contributed by atoms with Gasteiger partial charge in [0.1, 0.15) is 43.2 Å². The number of aliphatic hydroxyl groups is 5. The van der Waals surface area contributed by atoms with Crippen LogP contribution in [0.1, 0.15) is 181 Å². The Balaban J connectivity index is 2.50. The van der Waals surface area contributed by atoms with Crippen LogP contribution in [0.15, 0.2) is 24.3 Å². The summed E-state index contributed by atoms with van der Waals surface area (Å²) in [5.74, 6) is -1.12. The number of carbonyl (C=O) groups excluding carboxylic acids is 2. The molecule has 0 aliphatic heterocycles. The Bertz CT molecular complexity index is 1100. The maximum absolute atomic E-state index is 12.8. The van der Waals surface area contributed by atoms with Gasteiger partial charge in [0.2, 0.25) is 0 Å². The van der Waals surface area contributed by atoms with E-state index in [4.69, 9.17) is 18.5 Å². The zero-order valence-corrected chi connectivity index (χ0v) is 36.0. The second-order valence-electron chi connectivity index (χ2n) is 15.5. The number of ether oxygens (including phenoxy) is 2. The lowest BCUT2D eigenvalue weighted by Crippen LogP contribution is -2.64. The highest BCUT2D eigenvalue weighted by Gasteiger charge is 2.51. The lowest BCUT2D eigenvalue weighted by molar-refractivity contribution is -0.220. The van der Waals surface area contributed by atoms with Gasteiger partial charge in [0.15, 0.2) is 6.10 Å². The summed E-state index contributed by atoms with van der Waals surface area (Å²) >= 11 is 0. The number of hydrogen-bond donors (Lipinski definition) is 6. The molecule has 0 bridgehead atoms. The van der Waals surface area contributed by atoms with Crippen LogP contribution in [-0.4, -0.2) is 98.3 Å². The van der Waals surface area contributed by atoms with Crippen molar-refractivity contribution in [2.24, 2.45) is 0 Å². The van der Waals surface area contributed by atoms with Crippen LogP contribution in [-0.2, 0) is 32.7 Å². The quantitative estimate of drug-likeness (QED) is 0.0153. The molecule has 6 unspecified atom stereocenters. The number of unbranched alkanes of at least 4 members (excludes halogenated alkanes) is 20. The summed E-state index contributed by atoms with van der Waals surface area (Å²) in [6.07, 6.45) is 22.4. The van der Waals surface area contributed by atoms with E-state index in [9.17, 15) is 44.6 Å². The first-order valence-electron chi connectivity index (χ1n) is 22.1. The summed E-state index contributed by atoms with van der Waals surface area (Å²) in [4.78, 5) is 35.6. The van der Waals surface area contributed by atoms with Crippen molar-refractivity contribution in [1.29, 1.82) is 0 Å². The summed E-state index contributed by atoms with van der Waals surface area (Å²) in [7, 11) is -5.12. The van der Waals surface area contributed by atoms with Gasteiger partial charge in [-0.2, -0.15) is 0 Å². The fourth-order valence-corrected chi connectivity index (χ4v) is 7.60. The predicted molar refractivity (Wildman–Crippen MR) is 221 cm³/mol. The van der Waals surface area contributed by atoms with E-state index in [0.29, 0.717) is 12.8 Å². The molecule has 1 aliphatic rings. The molecule has 334 valence electrons. The number of rotatable bonds is 36. The van der Waals surface area contributed by atoms with Gasteiger partial charge in [-0.25, -0.2) is 4.57 Å². The molecule has 6 N–H and O–H groups in total. The van der Waals surface area contributed by atoms with Crippen LogP contribution in [0.25, 0.3) is 0 Å². The molecule has 0 heterocycles. The van der Waals surface area contributed by atoms with Crippen LogP contribution < -0.4 is 0 Å². The Morgan fingerprint density at radius 2 is 0.895 bits per heavy atom. The smallest absolute Gasteiger partial charge is 0.462 e. The SMILES string of the molecule is CCCCCCC/C=C/CCCCCCCC(=O)OC[C@H](COP(=O)(O)OC1C(O)C(O)C(O)[C@@H](O)C1O)OC(=O)CCCCCCC/C=C/CCCCCCC. The normalized spacial score (nSPS) is 22.9. The van der Waals surface area contributed by atoms with E-state index in [1.54, 1.807) is 0 Å². The van der Waals surface area contributed by atoms with E-state index >= 15 is 0 Å². The standard InChI is InChI=1S/C43H79O13P/c1-3-5-7-9-11-13-15-17-19-21-23-25-27-29-31-36(44)53-33-35(34-54-57(51,52)56-43-41(49)39(47)38(46)40(48)42(43)50)55-37(45)32-30-28-26-24-22-20-18-16-14-12-10-8-6-4-2/h15-18,35,38-43,46-50H,3-14,19-34H2,1-2H3,(H,51,52)/b17-15+,18-16+/t35-,38?,39-,40?,41?,42?,43?/m1/s1. The first-order chi connectivity index (χ1) is 27.4. The Morgan fingerprint density at radius 1 is 0.526 bits per heavy atom. The first kappa shape index (κ1) is 53.3. The van der Waals surface area contributed by atoms with Crippen LogP contribution in [0.5, 0.6) is 0 Å². The molecule has 57 heavy (non-hydrogen) atoms. The second-order valence-corrected chi connectivity index (χ2v) is 16.9. The molecule has 14 heteroatoms. The molecule has 0 aromatic heterocycles. The van der Waals surface area contributed by atoms with Crippen molar-refractivity contribution < 1.29 is 63.1 Å². The zero-order chi connectivity index (χ0) is 42.2. The third kappa shape index (κ3) is 26.9. The van der Waals surface area contributed by atoms with Crippen LogP contribution in [0.4, 0.5) is 0 Å². The van der Waals surface area contributed by atoms with Crippen molar-refractivity contribution in [2.75, 3.05) is 13.2 Å². The Hall–Kier alpha value is -1.67. The molecule has 13 nitrogen and oxygen atoms in total. The third-order valence-electron chi connectivity index (χ3n) is 10.3. The molecule has 8 atom stereocenters. The Morgan fingerprint density at radius 3 is 1.33 bits per heavy atom. The van der Waals surface area contributed by atoms with Crippen molar-refractivity contribution in [3.63, 3.8) is 0 Å². The van der Waals surface area contributed by atoms with Gasteiger partial charge in [-0.3, -0.25) is 18.6 Å². The van der Waals surface area contributed by atoms with E-state index < -0.39 is 75.7 Å². The highest BCUT2D eigenvalue weighted by atomic mass is 31.2. The fraction of sp³-hybridized carbons (Fsp3) is 0.860. The number of allylic oxidation sites excluding steroid dienone is 4. The summed E-state index contributed by atoms with van der Waals surface area (Å²) < 4.78 is 33.4. The van der Waals surface area contributed by atoms with Gasteiger partial charge >= 0.3 is 19.8 Å². The molecule has 0 aromatic carbocycles. The van der Waals surface area contributed by atoms with E-state index in [1.165, 1.54) is 64.2 Å². The van der Waals surface area contributed by atoms with E-state index in [1.807, 2.05) is 0 Å². The molecular weight excluding hydrogens is 755 g/mol. The number of aliphatic hydroxyl groups excluding tert-OH is 5. The molecule has 0 amide bonds. The molecule has 0 spiro atoms. The van der Waals surface area contributed by atoms with Gasteiger partial charge < -0.3 is 39.9 Å². The first-order valence-corrected chi connectivity index (χ1v) is 23.6. The van der Waals surface area contributed by atoms with Crippen LogP contribution in [0.3, 0.4) is 0 Å². The van der Waals surface area contributed by atoms with Crippen LogP contribution >= 0.6 is 7.82 Å². The molecule has 0 aromatic rings. The van der Waals surface area contributed by atoms with Crippen LogP contribution in [0, 0.1) is 0 Å². The summed E-state index contributed by atoms with van der Waals surface area (Å²) in [5.41, 5.74) is 0.